The summed E-state index contributed by atoms with van der Waals surface area (Å²) in [6.07, 6.45) is 5.12. The summed E-state index contributed by atoms with van der Waals surface area (Å²) in [5.74, 6) is 0.209. The van der Waals surface area contributed by atoms with Gasteiger partial charge in [0.05, 0.1) is 6.42 Å². The van der Waals surface area contributed by atoms with Gasteiger partial charge in [-0.1, -0.05) is 11.6 Å². The highest BCUT2D eigenvalue weighted by Crippen LogP contribution is 2.29. The van der Waals surface area contributed by atoms with Crippen LogP contribution in [-0.2, 0) is 17.8 Å². The van der Waals surface area contributed by atoms with Crippen LogP contribution in [0.15, 0.2) is 48.1 Å². The number of fused-ring (bicyclic) bond motifs is 1. The van der Waals surface area contributed by atoms with Crippen LogP contribution in [0, 0.1) is 0 Å². The molecule has 27 heavy (non-hydrogen) atoms. The number of carbonyl (C=O) groups is 1. The molecule has 140 valence electrons. The third kappa shape index (κ3) is 4.49. The Bertz CT molecular complexity index is 928. The first-order valence-electron chi connectivity index (χ1n) is 9.24. The van der Waals surface area contributed by atoms with Gasteiger partial charge in [0.15, 0.2) is 0 Å². The Morgan fingerprint density at radius 1 is 1.11 bits per heavy atom. The van der Waals surface area contributed by atoms with Crippen LogP contribution in [0.25, 0.3) is 10.1 Å². The molecular weight excluding hydrogens is 378 g/mol. The maximum atomic E-state index is 12.9. The summed E-state index contributed by atoms with van der Waals surface area (Å²) in [5, 5.41) is 3.91. The van der Waals surface area contributed by atoms with Gasteiger partial charge in [0.1, 0.15) is 0 Å². The first-order chi connectivity index (χ1) is 13.2. The molecule has 1 aliphatic rings. The maximum absolute atomic E-state index is 12.9. The minimum atomic E-state index is 0.209. The fourth-order valence-corrected chi connectivity index (χ4v) is 4.71. The summed E-state index contributed by atoms with van der Waals surface area (Å²) in [6.45, 7) is 4.45. The van der Waals surface area contributed by atoms with Gasteiger partial charge in [0.25, 0.3) is 0 Å². The average molecular weight is 400 g/mol. The van der Waals surface area contributed by atoms with E-state index in [2.05, 4.69) is 27.4 Å². The minimum absolute atomic E-state index is 0.209. The Morgan fingerprint density at radius 3 is 2.81 bits per heavy atom. The van der Waals surface area contributed by atoms with E-state index in [0.717, 1.165) is 55.1 Å². The van der Waals surface area contributed by atoms with Gasteiger partial charge in [-0.2, -0.15) is 0 Å². The van der Waals surface area contributed by atoms with Crippen molar-refractivity contribution in [2.45, 2.75) is 19.4 Å². The number of pyridine rings is 1. The maximum Gasteiger partial charge on any atom is 0.227 e. The zero-order chi connectivity index (χ0) is 18.6. The Hall–Kier alpha value is -1.95. The molecule has 0 N–H and O–H groups in total. The normalized spacial score (nSPS) is 15.8. The van der Waals surface area contributed by atoms with Crippen molar-refractivity contribution in [2.24, 2.45) is 0 Å². The van der Waals surface area contributed by atoms with Crippen molar-refractivity contribution >= 4 is 38.9 Å². The average Bonchev–Trinajstić information content (AvgIpc) is 2.91. The number of hydrogen-bond donors (Lipinski definition) is 0. The zero-order valence-corrected chi connectivity index (χ0v) is 16.7. The molecule has 0 bridgehead atoms. The lowest BCUT2D eigenvalue weighted by molar-refractivity contribution is -0.130. The van der Waals surface area contributed by atoms with Crippen LogP contribution in [0.5, 0.6) is 0 Å². The van der Waals surface area contributed by atoms with Gasteiger partial charge in [0, 0.05) is 54.8 Å². The number of benzene rings is 1. The van der Waals surface area contributed by atoms with Gasteiger partial charge >= 0.3 is 0 Å². The van der Waals surface area contributed by atoms with Gasteiger partial charge < -0.3 is 4.90 Å². The fourth-order valence-electron chi connectivity index (χ4n) is 3.59. The monoisotopic (exact) mass is 399 g/mol. The van der Waals surface area contributed by atoms with Crippen LogP contribution < -0.4 is 0 Å². The number of thiophene rings is 1. The first kappa shape index (κ1) is 18.4. The largest absolute Gasteiger partial charge is 0.341 e. The molecule has 0 aliphatic carbocycles. The lowest BCUT2D eigenvalue weighted by atomic mass is 10.1. The molecule has 4 rings (SSSR count). The highest BCUT2D eigenvalue weighted by atomic mass is 35.5. The SMILES string of the molecule is O=C(Cc1csc2ccc(Cl)cc12)N1CCCN(Cc2ccncc2)CC1. The number of carbonyl (C=O) groups excluding carboxylic acids is 1. The van der Waals surface area contributed by atoms with Crippen molar-refractivity contribution in [2.75, 3.05) is 26.2 Å². The standard InChI is InChI=1S/C21H22ClN3OS/c22-18-2-3-20-19(13-18)17(15-27-20)12-21(26)25-9-1-8-24(10-11-25)14-16-4-6-23-7-5-16/h2-7,13,15H,1,8-12,14H2. The fraction of sp³-hybridized carbons (Fsp3) is 0.333. The molecule has 3 heterocycles. The Morgan fingerprint density at radius 2 is 1.96 bits per heavy atom. The second-order valence-corrected chi connectivity index (χ2v) is 8.29. The molecule has 2 aromatic heterocycles. The van der Waals surface area contributed by atoms with Crippen molar-refractivity contribution in [3.05, 3.63) is 64.3 Å². The van der Waals surface area contributed by atoms with E-state index in [4.69, 9.17) is 11.6 Å². The molecular formula is C21H22ClN3OS. The molecule has 1 saturated heterocycles. The first-order valence-corrected chi connectivity index (χ1v) is 10.5. The van der Waals surface area contributed by atoms with Crippen molar-refractivity contribution in [3.63, 3.8) is 0 Å². The summed E-state index contributed by atoms with van der Waals surface area (Å²) in [6, 6.07) is 10.0. The molecule has 0 atom stereocenters. The molecule has 1 fully saturated rings. The molecule has 0 spiro atoms. The van der Waals surface area contributed by atoms with Crippen molar-refractivity contribution < 1.29 is 4.79 Å². The second kappa shape index (κ2) is 8.38. The van der Waals surface area contributed by atoms with Gasteiger partial charge in [-0.15, -0.1) is 11.3 Å². The summed E-state index contributed by atoms with van der Waals surface area (Å²) in [5.41, 5.74) is 2.35. The number of rotatable bonds is 4. The van der Waals surface area contributed by atoms with Gasteiger partial charge in [-0.3, -0.25) is 14.7 Å². The smallest absolute Gasteiger partial charge is 0.227 e. The number of nitrogens with zero attached hydrogens (tertiary/aromatic N) is 3. The predicted molar refractivity (Wildman–Crippen MR) is 111 cm³/mol. The molecule has 0 unspecified atom stereocenters. The highest BCUT2D eigenvalue weighted by Gasteiger charge is 2.20. The molecule has 6 heteroatoms. The molecule has 1 aliphatic heterocycles. The lowest BCUT2D eigenvalue weighted by Crippen LogP contribution is -2.36. The summed E-state index contributed by atoms with van der Waals surface area (Å²) < 4.78 is 1.18. The third-order valence-electron chi connectivity index (χ3n) is 5.05. The number of amides is 1. The van der Waals surface area contributed by atoms with Crippen molar-refractivity contribution in [3.8, 4) is 0 Å². The van der Waals surface area contributed by atoms with Crippen LogP contribution in [0.4, 0.5) is 0 Å². The van der Waals surface area contributed by atoms with Crippen LogP contribution in [0.3, 0.4) is 0 Å². The van der Waals surface area contributed by atoms with E-state index < -0.39 is 0 Å². The summed E-state index contributed by atoms with van der Waals surface area (Å²) in [7, 11) is 0. The Balaban J connectivity index is 1.38. The Labute approximate surface area is 168 Å². The van der Waals surface area contributed by atoms with E-state index in [1.54, 1.807) is 11.3 Å². The summed E-state index contributed by atoms with van der Waals surface area (Å²) in [4.78, 5) is 21.4. The molecule has 3 aromatic rings. The van der Waals surface area contributed by atoms with E-state index in [9.17, 15) is 4.79 Å². The number of aromatic nitrogens is 1. The van der Waals surface area contributed by atoms with Crippen LogP contribution in [0.2, 0.25) is 5.02 Å². The van der Waals surface area contributed by atoms with E-state index in [-0.39, 0.29) is 5.91 Å². The van der Waals surface area contributed by atoms with E-state index in [0.29, 0.717) is 6.42 Å². The number of hydrogen-bond acceptors (Lipinski definition) is 4. The molecule has 0 saturated carbocycles. The molecule has 1 amide bonds. The minimum Gasteiger partial charge on any atom is -0.341 e. The Kier molecular flexibility index (Phi) is 5.72. The van der Waals surface area contributed by atoms with Crippen molar-refractivity contribution in [1.29, 1.82) is 0 Å². The molecule has 0 radical (unpaired) electrons. The van der Waals surface area contributed by atoms with Gasteiger partial charge in [-0.25, -0.2) is 0 Å². The van der Waals surface area contributed by atoms with Crippen LogP contribution >= 0.6 is 22.9 Å². The summed E-state index contributed by atoms with van der Waals surface area (Å²) >= 11 is 7.81. The molecule has 4 nitrogen and oxygen atoms in total. The highest BCUT2D eigenvalue weighted by molar-refractivity contribution is 7.17. The van der Waals surface area contributed by atoms with Crippen molar-refractivity contribution in [1.82, 2.24) is 14.8 Å². The predicted octanol–water partition coefficient (Wildman–Crippen LogP) is 4.23. The topological polar surface area (TPSA) is 36.4 Å². The quantitative estimate of drug-likeness (QED) is 0.658. The van der Waals surface area contributed by atoms with Gasteiger partial charge in [0.2, 0.25) is 5.91 Å². The third-order valence-corrected chi connectivity index (χ3v) is 6.30. The molecule has 1 aromatic carbocycles. The van der Waals surface area contributed by atoms with Gasteiger partial charge in [-0.05, 0) is 58.6 Å². The van der Waals surface area contributed by atoms with E-state index >= 15 is 0 Å². The second-order valence-electron chi connectivity index (χ2n) is 6.94. The number of halogens is 1. The van der Waals surface area contributed by atoms with E-state index in [1.165, 1.54) is 10.3 Å². The van der Waals surface area contributed by atoms with Crippen LogP contribution in [0.1, 0.15) is 17.5 Å². The lowest BCUT2D eigenvalue weighted by Gasteiger charge is -2.22. The van der Waals surface area contributed by atoms with E-state index in [1.807, 2.05) is 35.5 Å². The zero-order valence-electron chi connectivity index (χ0n) is 15.1. The van der Waals surface area contributed by atoms with Crippen LogP contribution in [-0.4, -0.2) is 46.9 Å².